The lowest BCUT2D eigenvalue weighted by Gasteiger charge is -2.38. The minimum Gasteiger partial charge on any atom is -0.506 e. The van der Waals surface area contributed by atoms with Crippen LogP contribution < -0.4 is 23.7 Å². The normalized spacial score (nSPS) is 17.5. The Balaban J connectivity index is 1.94. The van der Waals surface area contributed by atoms with Crippen molar-refractivity contribution >= 4 is 17.9 Å². The Morgan fingerprint density at radius 2 is 1.56 bits per heavy atom. The van der Waals surface area contributed by atoms with Crippen LogP contribution in [0.4, 0.5) is 0 Å². The number of aromatic hydroxyl groups is 1. The fourth-order valence-electron chi connectivity index (χ4n) is 5.11. The van der Waals surface area contributed by atoms with E-state index >= 15 is 0 Å². The van der Waals surface area contributed by atoms with E-state index in [1.54, 1.807) is 20.3 Å². The number of ketones is 1. The Hall–Kier alpha value is -3.61. The van der Waals surface area contributed by atoms with E-state index in [2.05, 4.69) is 0 Å². The number of carbonyl (C=O) groups excluding carboxylic acids is 1. The summed E-state index contributed by atoms with van der Waals surface area (Å²) < 4.78 is 29.7. The van der Waals surface area contributed by atoms with Gasteiger partial charge >= 0.3 is 0 Å². The van der Waals surface area contributed by atoms with E-state index in [-0.39, 0.29) is 28.8 Å². The average molecular weight is 495 g/mol. The molecule has 4 rings (SSSR count). The molecule has 2 aliphatic rings. The van der Waals surface area contributed by atoms with Gasteiger partial charge in [0.15, 0.2) is 5.78 Å². The Labute approximate surface area is 212 Å². The van der Waals surface area contributed by atoms with Crippen molar-refractivity contribution in [2.45, 2.75) is 58.7 Å². The van der Waals surface area contributed by atoms with Crippen molar-refractivity contribution in [3.63, 3.8) is 0 Å². The van der Waals surface area contributed by atoms with E-state index in [0.29, 0.717) is 28.6 Å². The quantitative estimate of drug-likeness (QED) is 0.481. The fourth-order valence-corrected chi connectivity index (χ4v) is 5.11. The van der Waals surface area contributed by atoms with Crippen LogP contribution in [0.15, 0.2) is 23.8 Å². The first-order valence-electron chi connectivity index (χ1n) is 11.9. The van der Waals surface area contributed by atoms with Crippen molar-refractivity contribution in [3.05, 3.63) is 46.0 Å². The molecule has 0 amide bonds. The van der Waals surface area contributed by atoms with Crippen LogP contribution in [0.25, 0.3) is 12.2 Å². The van der Waals surface area contributed by atoms with E-state index in [1.165, 1.54) is 14.0 Å². The molecule has 0 saturated carbocycles. The Morgan fingerprint density at radius 3 is 2.14 bits per heavy atom. The van der Waals surface area contributed by atoms with E-state index in [0.717, 1.165) is 16.7 Å². The first kappa shape index (κ1) is 25.5. The standard InChI is InChI=1S/C29H34O7/c1-15(24-22(32-7)13-20-17(27(24)34-9)10-11-28(3,4)35-20)19-12-18-21(36-29(19,5)6)14-23(33-8)25(16(2)30)26(18)31/h10-15,31H,1-9H3. The maximum Gasteiger partial charge on any atom is 0.167 e. The molecule has 2 aromatic carbocycles. The zero-order valence-electron chi connectivity index (χ0n) is 22.4. The van der Waals surface area contributed by atoms with Crippen LogP contribution in [-0.2, 0) is 0 Å². The number of phenols is 1. The molecule has 7 heteroatoms. The molecule has 0 radical (unpaired) electrons. The highest BCUT2D eigenvalue weighted by Gasteiger charge is 2.39. The number of hydrogen-bond donors (Lipinski definition) is 1. The number of phenolic OH excluding ortho intramolecular Hbond substituents is 1. The van der Waals surface area contributed by atoms with E-state index in [9.17, 15) is 9.90 Å². The number of carbonyl (C=O) groups is 1. The van der Waals surface area contributed by atoms with Gasteiger partial charge in [-0.05, 0) is 58.4 Å². The molecule has 1 unspecified atom stereocenters. The van der Waals surface area contributed by atoms with Gasteiger partial charge in [0.25, 0.3) is 0 Å². The second kappa shape index (κ2) is 8.80. The summed E-state index contributed by atoms with van der Waals surface area (Å²) in [4.78, 5) is 12.3. The largest absolute Gasteiger partial charge is 0.506 e. The number of fused-ring (bicyclic) bond motifs is 2. The van der Waals surface area contributed by atoms with Crippen molar-refractivity contribution in [1.82, 2.24) is 0 Å². The van der Waals surface area contributed by atoms with Crippen molar-refractivity contribution in [1.29, 1.82) is 0 Å². The molecule has 36 heavy (non-hydrogen) atoms. The predicted octanol–water partition coefficient (Wildman–Crippen LogP) is 6.16. The lowest BCUT2D eigenvalue weighted by atomic mass is 9.79. The van der Waals surface area contributed by atoms with Gasteiger partial charge in [0.1, 0.15) is 51.3 Å². The molecule has 192 valence electrons. The SMILES string of the molecule is COc1cc2c(c(O)c1C(C)=O)C=C(C(C)c1c(OC)cc3c(c1OC)C=CC(C)(C)O3)C(C)(C)O2. The van der Waals surface area contributed by atoms with Crippen LogP contribution in [0.5, 0.6) is 34.5 Å². The van der Waals surface area contributed by atoms with E-state index in [4.69, 9.17) is 23.7 Å². The summed E-state index contributed by atoms with van der Waals surface area (Å²) in [6.07, 6.45) is 5.89. The fraction of sp³-hybridized carbons (Fsp3) is 0.414. The van der Waals surface area contributed by atoms with Gasteiger partial charge in [0, 0.05) is 23.6 Å². The molecule has 1 N–H and O–H groups in total. The molecular formula is C29H34O7. The van der Waals surface area contributed by atoms with E-state index < -0.39 is 11.2 Å². The number of rotatable bonds is 6. The molecule has 7 nitrogen and oxygen atoms in total. The van der Waals surface area contributed by atoms with Crippen LogP contribution in [0.3, 0.4) is 0 Å². The highest BCUT2D eigenvalue weighted by atomic mass is 16.5. The second-order valence-corrected chi connectivity index (χ2v) is 10.2. The number of methoxy groups -OCH3 is 3. The number of benzene rings is 2. The minimum atomic E-state index is -0.748. The second-order valence-electron chi connectivity index (χ2n) is 10.2. The van der Waals surface area contributed by atoms with Crippen molar-refractivity contribution in [2.75, 3.05) is 21.3 Å². The summed E-state index contributed by atoms with van der Waals surface area (Å²) in [6, 6.07) is 3.53. The Kier molecular flexibility index (Phi) is 6.23. The summed E-state index contributed by atoms with van der Waals surface area (Å²) >= 11 is 0. The molecule has 0 saturated heterocycles. The zero-order chi connectivity index (χ0) is 26.6. The molecule has 1 atom stereocenters. The summed E-state index contributed by atoms with van der Waals surface area (Å²) in [5.74, 6) is 1.96. The van der Waals surface area contributed by atoms with Crippen LogP contribution in [0.2, 0.25) is 0 Å². The molecule has 0 fully saturated rings. The van der Waals surface area contributed by atoms with Crippen molar-refractivity contribution in [2.24, 2.45) is 0 Å². The third-order valence-electron chi connectivity index (χ3n) is 6.83. The number of Topliss-reactive ketones (excluding diaryl/α,β-unsaturated/α-hetero) is 1. The molecule has 2 aliphatic heterocycles. The summed E-state index contributed by atoms with van der Waals surface area (Å²) in [5, 5.41) is 11.1. The van der Waals surface area contributed by atoms with Crippen LogP contribution in [0, 0.1) is 0 Å². The van der Waals surface area contributed by atoms with Crippen LogP contribution >= 0.6 is 0 Å². The van der Waals surface area contributed by atoms with Gasteiger partial charge in [0.05, 0.1) is 32.5 Å². The average Bonchev–Trinajstić information content (AvgIpc) is 2.80. The molecule has 0 bridgehead atoms. The molecule has 0 aromatic heterocycles. The summed E-state index contributed by atoms with van der Waals surface area (Å²) in [6.45, 7) is 11.3. The maximum atomic E-state index is 12.3. The first-order valence-corrected chi connectivity index (χ1v) is 11.9. The summed E-state index contributed by atoms with van der Waals surface area (Å²) in [5.41, 5.74) is 1.90. The van der Waals surface area contributed by atoms with Crippen LogP contribution in [0.1, 0.15) is 74.5 Å². The van der Waals surface area contributed by atoms with Gasteiger partial charge in [-0.25, -0.2) is 0 Å². The number of hydrogen-bond acceptors (Lipinski definition) is 7. The van der Waals surface area contributed by atoms with Gasteiger partial charge in [-0.15, -0.1) is 0 Å². The third kappa shape index (κ3) is 4.06. The van der Waals surface area contributed by atoms with Crippen molar-refractivity contribution in [3.8, 4) is 34.5 Å². The minimum absolute atomic E-state index is 0.122. The Morgan fingerprint density at radius 1 is 0.944 bits per heavy atom. The van der Waals surface area contributed by atoms with E-state index in [1.807, 2.05) is 58.9 Å². The lowest BCUT2D eigenvalue weighted by molar-refractivity contribution is 0.101. The highest BCUT2D eigenvalue weighted by molar-refractivity contribution is 6.01. The Bertz CT molecular complexity index is 1300. The third-order valence-corrected chi connectivity index (χ3v) is 6.83. The van der Waals surface area contributed by atoms with Gasteiger partial charge in [-0.2, -0.15) is 0 Å². The molecule has 2 heterocycles. The van der Waals surface area contributed by atoms with Crippen LogP contribution in [-0.4, -0.2) is 43.4 Å². The molecular weight excluding hydrogens is 460 g/mol. The highest BCUT2D eigenvalue weighted by Crippen LogP contribution is 2.53. The number of ether oxygens (including phenoxy) is 5. The lowest BCUT2D eigenvalue weighted by Crippen LogP contribution is -2.35. The molecule has 2 aromatic rings. The molecule has 0 spiro atoms. The van der Waals surface area contributed by atoms with Gasteiger partial charge < -0.3 is 28.8 Å². The van der Waals surface area contributed by atoms with Crippen molar-refractivity contribution < 1.29 is 33.6 Å². The summed E-state index contributed by atoms with van der Waals surface area (Å²) in [7, 11) is 4.70. The first-order chi connectivity index (χ1) is 16.8. The monoisotopic (exact) mass is 494 g/mol. The zero-order valence-corrected chi connectivity index (χ0v) is 22.4. The predicted molar refractivity (Wildman–Crippen MR) is 139 cm³/mol. The molecule has 0 aliphatic carbocycles. The topological polar surface area (TPSA) is 83.5 Å². The maximum absolute atomic E-state index is 12.3. The smallest absolute Gasteiger partial charge is 0.167 e. The van der Waals surface area contributed by atoms with Gasteiger partial charge in [-0.3, -0.25) is 4.79 Å². The van der Waals surface area contributed by atoms with Gasteiger partial charge in [-0.1, -0.05) is 6.92 Å². The van der Waals surface area contributed by atoms with Gasteiger partial charge in [0.2, 0.25) is 0 Å².